The Morgan fingerprint density at radius 3 is 1.71 bits per heavy atom. The highest BCUT2D eigenvalue weighted by atomic mass is 15.1. The van der Waals surface area contributed by atoms with E-state index >= 15 is 0 Å². The molecule has 2 aromatic heterocycles. The molecule has 0 amide bonds. The number of aryl methyl sites for hydroxylation is 2. The molecule has 0 aliphatic rings. The number of aromatic nitrogens is 2. The van der Waals surface area contributed by atoms with Crippen LogP contribution in [0.1, 0.15) is 22.8 Å². The van der Waals surface area contributed by atoms with E-state index in [9.17, 15) is 0 Å². The molecule has 0 spiro atoms. The molecule has 0 unspecified atom stereocenters. The predicted molar refractivity (Wildman–Crippen MR) is 100 cm³/mol. The lowest BCUT2D eigenvalue weighted by Gasteiger charge is -2.13. The Hall–Kier alpha value is -2.40. The summed E-state index contributed by atoms with van der Waals surface area (Å²) in [6.07, 6.45) is 3.67. The van der Waals surface area contributed by atoms with E-state index in [0.29, 0.717) is 0 Å². The van der Waals surface area contributed by atoms with Crippen molar-refractivity contribution in [1.29, 1.82) is 0 Å². The van der Waals surface area contributed by atoms with Gasteiger partial charge in [0.25, 0.3) is 0 Å². The van der Waals surface area contributed by atoms with Crippen LogP contribution < -0.4 is 0 Å². The zero-order valence-corrected chi connectivity index (χ0v) is 14.7. The summed E-state index contributed by atoms with van der Waals surface area (Å²) in [4.78, 5) is 19.9. The van der Waals surface area contributed by atoms with Gasteiger partial charge in [-0.15, -0.1) is 0 Å². The lowest BCUT2D eigenvalue weighted by Crippen LogP contribution is -2.24. The van der Waals surface area contributed by atoms with E-state index in [0.717, 1.165) is 49.0 Å². The van der Waals surface area contributed by atoms with Crippen LogP contribution in [0.4, 0.5) is 0 Å². The molecule has 0 aromatic carbocycles. The number of likely N-dealkylation sites (N-methyl/N-ethyl adjacent to an activating group) is 1. The number of hydrogen-bond donors (Lipinski definition) is 0. The first-order valence-electron chi connectivity index (χ1n) is 8.19. The molecule has 0 N–H and O–H groups in total. The number of aliphatic imine (C=N–C) groups is 2. The Bertz CT molecular complexity index is 634. The zero-order valence-electron chi connectivity index (χ0n) is 14.7. The van der Waals surface area contributed by atoms with Gasteiger partial charge in [0.1, 0.15) is 0 Å². The van der Waals surface area contributed by atoms with Crippen LogP contribution in [0.3, 0.4) is 0 Å². The number of nitrogens with zero attached hydrogens (tertiary/aromatic N) is 5. The molecule has 126 valence electrons. The molecule has 0 aliphatic carbocycles. The highest BCUT2D eigenvalue weighted by Crippen LogP contribution is 1.96. The van der Waals surface area contributed by atoms with Crippen LogP contribution in [0.15, 0.2) is 46.4 Å². The molecule has 2 rings (SSSR count). The molecule has 0 saturated heterocycles. The third-order valence-corrected chi connectivity index (χ3v) is 3.49. The highest BCUT2D eigenvalue weighted by Gasteiger charge is 1.96. The Labute approximate surface area is 144 Å². The van der Waals surface area contributed by atoms with Crippen LogP contribution in [0, 0.1) is 13.8 Å². The number of hydrogen-bond acceptors (Lipinski definition) is 5. The average molecular weight is 323 g/mol. The van der Waals surface area contributed by atoms with Gasteiger partial charge in [0.2, 0.25) is 0 Å². The molecule has 0 fully saturated rings. The molecule has 2 heterocycles. The topological polar surface area (TPSA) is 53.7 Å². The molecule has 5 heteroatoms. The first kappa shape index (κ1) is 17.9. The minimum atomic E-state index is 0.759. The van der Waals surface area contributed by atoms with Crippen molar-refractivity contribution in [2.24, 2.45) is 9.98 Å². The summed E-state index contributed by atoms with van der Waals surface area (Å²) in [5, 5.41) is 0. The molecule has 24 heavy (non-hydrogen) atoms. The van der Waals surface area contributed by atoms with Crippen molar-refractivity contribution >= 4 is 12.4 Å². The van der Waals surface area contributed by atoms with Gasteiger partial charge in [-0.2, -0.15) is 0 Å². The lowest BCUT2D eigenvalue weighted by molar-refractivity contribution is 0.354. The van der Waals surface area contributed by atoms with Gasteiger partial charge in [-0.25, -0.2) is 0 Å². The molecular formula is C19H25N5. The highest BCUT2D eigenvalue weighted by molar-refractivity contribution is 5.77. The van der Waals surface area contributed by atoms with E-state index < -0.39 is 0 Å². The fourth-order valence-electron chi connectivity index (χ4n) is 2.16. The molecule has 0 aliphatic heterocycles. The van der Waals surface area contributed by atoms with Crippen LogP contribution in [0.25, 0.3) is 0 Å². The van der Waals surface area contributed by atoms with E-state index in [1.807, 2.05) is 62.7 Å². The average Bonchev–Trinajstić information content (AvgIpc) is 2.56. The monoisotopic (exact) mass is 323 g/mol. The van der Waals surface area contributed by atoms with E-state index in [4.69, 9.17) is 0 Å². The quantitative estimate of drug-likeness (QED) is 0.702. The third-order valence-electron chi connectivity index (χ3n) is 3.49. The van der Waals surface area contributed by atoms with E-state index in [2.05, 4.69) is 31.9 Å². The second-order valence-corrected chi connectivity index (χ2v) is 5.78. The van der Waals surface area contributed by atoms with Crippen LogP contribution in [0.5, 0.6) is 0 Å². The maximum Gasteiger partial charge on any atom is 0.0811 e. The summed E-state index contributed by atoms with van der Waals surface area (Å²) in [6, 6.07) is 11.9. The Kier molecular flexibility index (Phi) is 7.23. The van der Waals surface area contributed by atoms with Crippen LogP contribution in [0.2, 0.25) is 0 Å². The van der Waals surface area contributed by atoms with Gasteiger partial charge in [0, 0.05) is 36.9 Å². The smallest absolute Gasteiger partial charge is 0.0811 e. The van der Waals surface area contributed by atoms with E-state index in [-0.39, 0.29) is 0 Å². The first-order chi connectivity index (χ1) is 11.6. The fourth-order valence-corrected chi connectivity index (χ4v) is 2.16. The van der Waals surface area contributed by atoms with Crippen LogP contribution >= 0.6 is 0 Å². The van der Waals surface area contributed by atoms with Crippen molar-refractivity contribution < 1.29 is 0 Å². The van der Waals surface area contributed by atoms with E-state index in [1.54, 1.807) is 0 Å². The maximum absolute atomic E-state index is 4.43. The van der Waals surface area contributed by atoms with Crippen molar-refractivity contribution in [3.8, 4) is 0 Å². The Balaban J connectivity index is 1.65. The molecule has 0 saturated carbocycles. The maximum atomic E-state index is 4.43. The third kappa shape index (κ3) is 6.79. The van der Waals surface area contributed by atoms with Crippen molar-refractivity contribution in [3.05, 3.63) is 59.2 Å². The standard InChI is InChI=1S/C19H25N5/c1-16-6-4-8-18(22-16)14-20-10-12-24(3)13-11-21-15-19-9-5-7-17(2)23-19/h4-9,14-15H,10-13H2,1-3H3. The summed E-state index contributed by atoms with van der Waals surface area (Å²) in [6.45, 7) is 7.29. The van der Waals surface area contributed by atoms with Crippen LogP contribution in [-0.2, 0) is 0 Å². The largest absolute Gasteiger partial charge is 0.303 e. The van der Waals surface area contributed by atoms with Gasteiger partial charge < -0.3 is 4.90 Å². The van der Waals surface area contributed by atoms with Gasteiger partial charge >= 0.3 is 0 Å². The first-order valence-corrected chi connectivity index (χ1v) is 8.19. The minimum Gasteiger partial charge on any atom is -0.303 e. The summed E-state index contributed by atoms with van der Waals surface area (Å²) < 4.78 is 0. The molecule has 2 aromatic rings. The van der Waals surface area contributed by atoms with Gasteiger partial charge in [-0.1, -0.05) is 12.1 Å². The van der Waals surface area contributed by atoms with Gasteiger partial charge in [-0.3, -0.25) is 20.0 Å². The van der Waals surface area contributed by atoms with Crippen LogP contribution in [-0.4, -0.2) is 60.5 Å². The van der Waals surface area contributed by atoms with Gasteiger partial charge in [0.05, 0.1) is 24.5 Å². The van der Waals surface area contributed by atoms with Crippen molar-refractivity contribution in [2.45, 2.75) is 13.8 Å². The molecule has 0 radical (unpaired) electrons. The summed E-state index contributed by atoms with van der Waals surface area (Å²) >= 11 is 0. The van der Waals surface area contributed by atoms with Gasteiger partial charge in [-0.05, 0) is 45.2 Å². The predicted octanol–water partition coefficient (Wildman–Crippen LogP) is 2.56. The molecule has 0 atom stereocenters. The SMILES string of the molecule is Cc1cccc(C=NCCN(C)CCN=Cc2cccc(C)n2)n1. The zero-order chi connectivity index (χ0) is 17.2. The van der Waals surface area contributed by atoms with Gasteiger partial charge in [0.15, 0.2) is 0 Å². The summed E-state index contributed by atoms with van der Waals surface area (Å²) in [5.41, 5.74) is 3.84. The molecular weight excluding hydrogens is 298 g/mol. The summed E-state index contributed by atoms with van der Waals surface area (Å²) in [7, 11) is 2.08. The van der Waals surface area contributed by atoms with Crippen molar-refractivity contribution in [3.63, 3.8) is 0 Å². The minimum absolute atomic E-state index is 0.759. The van der Waals surface area contributed by atoms with Crippen molar-refractivity contribution in [1.82, 2.24) is 14.9 Å². The second-order valence-electron chi connectivity index (χ2n) is 5.78. The summed E-state index contributed by atoms with van der Waals surface area (Å²) in [5.74, 6) is 0. The Morgan fingerprint density at radius 2 is 1.29 bits per heavy atom. The number of rotatable bonds is 8. The van der Waals surface area contributed by atoms with Crippen molar-refractivity contribution in [2.75, 3.05) is 33.2 Å². The lowest BCUT2D eigenvalue weighted by atomic mass is 10.3. The normalized spacial score (nSPS) is 11.8. The Morgan fingerprint density at radius 1 is 0.833 bits per heavy atom. The van der Waals surface area contributed by atoms with E-state index in [1.165, 1.54) is 0 Å². The molecule has 0 bridgehead atoms. The number of pyridine rings is 2. The molecule has 5 nitrogen and oxygen atoms in total. The second kappa shape index (κ2) is 9.67. The fraction of sp³-hybridized carbons (Fsp3) is 0.368.